The van der Waals surface area contributed by atoms with Crippen LogP contribution in [0.2, 0.25) is 5.02 Å². The van der Waals surface area contributed by atoms with Crippen LogP contribution in [0.3, 0.4) is 0 Å². The van der Waals surface area contributed by atoms with Gasteiger partial charge in [0.15, 0.2) is 0 Å². The summed E-state index contributed by atoms with van der Waals surface area (Å²) in [5, 5.41) is 11.2. The molecule has 0 amide bonds. The molecule has 0 heterocycles. The lowest BCUT2D eigenvalue weighted by Crippen LogP contribution is -2.25. The number of aryl methyl sites for hydroxylation is 1. The van der Waals surface area contributed by atoms with Crippen molar-refractivity contribution in [3.8, 4) is 0 Å². The van der Waals surface area contributed by atoms with Gasteiger partial charge in [0, 0.05) is 21.5 Å². The predicted octanol–water partition coefficient (Wildman–Crippen LogP) is 5.00. The molecule has 2 rings (SSSR count). The van der Waals surface area contributed by atoms with Crippen LogP contribution in [0.5, 0.6) is 0 Å². The number of benzene rings is 2. The Balaban J connectivity index is 2.37. The second-order valence-electron chi connectivity index (χ2n) is 5.15. The molecule has 2 aromatic rings. The van der Waals surface area contributed by atoms with Gasteiger partial charge < -0.3 is 5.11 Å². The van der Waals surface area contributed by atoms with Gasteiger partial charge in [-0.25, -0.2) is 4.39 Å². The molecule has 1 N–H and O–H groups in total. The number of rotatable bonds is 3. The summed E-state index contributed by atoms with van der Waals surface area (Å²) in [4.78, 5) is 0. The SMILES string of the molecule is Cc1ccc(F)cc1CC(C)(O)c1ccc(Br)cc1Cl. The van der Waals surface area contributed by atoms with E-state index in [9.17, 15) is 9.50 Å². The molecular weight excluding hydrogens is 343 g/mol. The molecule has 0 aliphatic rings. The fourth-order valence-electron chi connectivity index (χ4n) is 2.22. The minimum absolute atomic E-state index is 0.302. The van der Waals surface area contributed by atoms with E-state index in [-0.39, 0.29) is 5.82 Å². The maximum Gasteiger partial charge on any atom is 0.123 e. The average Bonchev–Trinajstić information content (AvgIpc) is 2.33. The summed E-state index contributed by atoms with van der Waals surface area (Å²) in [6, 6.07) is 9.93. The van der Waals surface area contributed by atoms with Gasteiger partial charge in [-0.1, -0.05) is 39.7 Å². The Morgan fingerprint density at radius 3 is 2.60 bits per heavy atom. The Bertz CT molecular complexity index is 640. The fraction of sp³-hybridized carbons (Fsp3) is 0.250. The van der Waals surface area contributed by atoms with Gasteiger partial charge >= 0.3 is 0 Å². The molecular formula is C16H15BrClFO. The van der Waals surface area contributed by atoms with Gasteiger partial charge in [0.2, 0.25) is 0 Å². The highest BCUT2D eigenvalue weighted by molar-refractivity contribution is 9.10. The van der Waals surface area contributed by atoms with Gasteiger partial charge in [0.25, 0.3) is 0 Å². The quantitative estimate of drug-likeness (QED) is 0.819. The average molecular weight is 358 g/mol. The number of hydrogen-bond acceptors (Lipinski definition) is 1. The standard InChI is InChI=1S/C16H15BrClFO/c1-10-3-5-13(19)7-11(10)9-16(2,20)14-6-4-12(17)8-15(14)18/h3-8,20H,9H2,1-2H3. The Hall–Kier alpha value is -0.900. The van der Waals surface area contributed by atoms with Crippen LogP contribution < -0.4 is 0 Å². The molecule has 2 aromatic carbocycles. The molecule has 0 bridgehead atoms. The van der Waals surface area contributed by atoms with Gasteiger partial charge in [-0.2, -0.15) is 0 Å². The van der Waals surface area contributed by atoms with Crippen LogP contribution in [0.15, 0.2) is 40.9 Å². The third-order valence-corrected chi connectivity index (χ3v) is 4.16. The van der Waals surface area contributed by atoms with Crippen LogP contribution >= 0.6 is 27.5 Å². The van der Waals surface area contributed by atoms with E-state index in [1.165, 1.54) is 12.1 Å². The second-order valence-corrected chi connectivity index (χ2v) is 6.47. The minimum Gasteiger partial charge on any atom is -0.385 e. The highest BCUT2D eigenvalue weighted by Gasteiger charge is 2.27. The van der Waals surface area contributed by atoms with Crippen LogP contribution in [-0.4, -0.2) is 5.11 Å². The van der Waals surface area contributed by atoms with E-state index in [0.29, 0.717) is 17.0 Å². The summed E-state index contributed by atoms with van der Waals surface area (Å²) in [5.74, 6) is -0.302. The van der Waals surface area contributed by atoms with E-state index in [1.54, 1.807) is 25.1 Å². The Morgan fingerprint density at radius 1 is 1.25 bits per heavy atom. The van der Waals surface area contributed by atoms with Crippen molar-refractivity contribution < 1.29 is 9.50 Å². The highest BCUT2D eigenvalue weighted by atomic mass is 79.9. The molecule has 0 aliphatic heterocycles. The second kappa shape index (κ2) is 5.84. The van der Waals surface area contributed by atoms with E-state index in [2.05, 4.69) is 15.9 Å². The van der Waals surface area contributed by atoms with Crippen LogP contribution in [-0.2, 0) is 12.0 Å². The van der Waals surface area contributed by atoms with Gasteiger partial charge in [0.1, 0.15) is 5.82 Å². The number of aliphatic hydroxyl groups is 1. The molecule has 20 heavy (non-hydrogen) atoms. The lowest BCUT2D eigenvalue weighted by molar-refractivity contribution is 0.0575. The van der Waals surface area contributed by atoms with Crippen LogP contribution in [0.4, 0.5) is 4.39 Å². The summed E-state index contributed by atoms with van der Waals surface area (Å²) in [7, 11) is 0. The van der Waals surface area contributed by atoms with E-state index in [0.717, 1.165) is 15.6 Å². The summed E-state index contributed by atoms with van der Waals surface area (Å²) < 4.78 is 14.2. The van der Waals surface area contributed by atoms with E-state index < -0.39 is 5.60 Å². The Labute approximate surface area is 131 Å². The summed E-state index contributed by atoms with van der Waals surface area (Å²) in [5.41, 5.74) is 1.19. The molecule has 0 aromatic heterocycles. The van der Waals surface area contributed by atoms with Crippen molar-refractivity contribution in [3.63, 3.8) is 0 Å². The first kappa shape index (κ1) is 15.5. The van der Waals surface area contributed by atoms with Crippen LogP contribution in [0.1, 0.15) is 23.6 Å². The minimum atomic E-state index is -1.16. The Kier molecular flexibility index (Phi) is 4.52. The van der Waals surface area contributed by atoms with E-state index in [1.807, 2.05) is 13.0 Å². The molecule has 106 valence electrons. The van der Waals surface area contributed by atoms with Crippen molar-refractivity contribution in [2.75, 3.05) is 0 Å². The van der Waals surface area contributed by atoms with E-state index in [4.69, 9.17) is 11.6 Å². The molecule has 0 radical (unpaired) electrons. The first-order valence-electron chi connectivity index (χ1n) is 6.22. The first-order chi connectivity index (χ1) is 9.29. The Morgan fingerprint density at radius 2 is 1.95 bits per heavy atom. The molecule has 1 unspecified atom stereocenters. The lowest BCUT2D eigenvalue weighted by atomic mass is 9.87. The maximum absolute atomic E-state index is 13.3. The molecule has 0 aliphatic carbocycles. The fourth-order valence-corrected chi connectivity index (χ4v) is 3.10. The molecule has 4 heteroatoms. The normalized spacial score (nSPS) is 14.1. The third kappa shape index (κ3) is 3.40. The van der Waals surface area contributed by atoms with Crippen molar-refractivity contribution in [2.24, 2.45) is 0 Å². The molecule has 0 fully saturated rings. The predicted molar refractivity (Wildman–Crippen MR) is 83.6 cm³/mol. The molecule has 1 atom stereocenters. The van der Waals surface area contributed by atoms with Crippen molar-refractivity contribution >= 4 is 27.5 Å². The third-order valence-electron chi connectivity index (χ3n) is 3.36. The van der Waals surface area contributed by atoms with Gasteiger partial charge in [-0.15, -0.1) is 0 Å². The number of hydrogen-bond donors (Lipinski definition) is 1. The van der Waals surface area contributed by atoms with Crippen molar-refractivity contribution in [3.05, 3.63) is 68.4 Å². The topological polar surface area (TPSA) is 20.2 Å². The number of halogens is 3. The maximum atomic E-state index is 13.3. The van der Waals surface area contributed by atoms with Gasteiger partial charge in [-0.05, 0) is 49.2 Å². The van der Waals surface area contributed by atoms with Crippen molar-refractivity contribution in [2.45, 2.75) is 25.9 Å². The summed E-state index contributed by atoms with van der Waals surface area (Å²) in [6.07, 6.45) is 0.304. The van der Waals surface area contributed by atoms with Gasteiger partial charge in [0.05, 0.1) is 5.60 Å². The monoisotopic (exact) mass is 356 g/mol. The largest absolute Gasteiger partial charge is 0.385 e. The highest BCUT2D eigenvalue weighted by Crippen LogP contribution is 2.33. The summed E-state index contributed by atoms with van der Waals surface area (Å²) in [6.45, 7) is 3.58. The first-order valence-corrected chi connectivity index (χ1v) is 7.39. The van der Waals surface area contributed by atoms with Crippen molar-refractivity contribution in [1.29, 1.82) is 0 Å². The molecule has 0 spiro atoms. The zero-order chi connectivity index (χ0) is 14.9. The van der Waals surface area contributed by atoms with Crippen LogP contribution in [0.25, 0.3) is 0 Å². The summed E-state index contributed by atoms with van der Waals surface area (Å²) >= 11 is 9.52. The smallest absolute Gasteiger partial charge is 0.123 e. The molecule has 0 saturated carbocycles. The van der Waals surface area contributed by atoms with E-state index >= 15 is 0 Å². The lowest BCUT2D eigenvalue weighted by Gasteiger charge is -2.26. The van der Waals surface area contributed by atoms with Gasteiger partial charge in [-0.3, -0.25) is 0 Å². The molecule has 0 saturated heterocycles. The zero-order valence-electron chi connectivity index (χ0n) is 11.3. The zero-order valence-corrected chi connectivity index (χ0v) is 13.6. The van der Waals surface area contributed by atoms with Crippen LogP contribution in [0, 0.1) is 12.7 Å². The van der Waals surface area contributed by atoms with Crippen molar-refractivity contribution in [1.82, 2.24) is 0 Å². The molecule has 1 nitrogen and oxygen atoms in total.